The van der Waals surface area contributed by atoms with Gasteiger partial charge in [-0.2, -0.15) is 0 Å². The molecule has 0 bridgehead atoms. The number of amides is 1. The van der Waals surface area contributed by atoms with Crippen LogP contribution in [0.3, 0.4) is 0 Å². The number of ether oxygens (including phenoxy) is 1. The van der Waals surface area contributed by atoms with Crippen molar-refractivity contribution in [2.75, 3.05) is 6.54 Å². The van der Waals surface area contributed by atoms with Crippen molar-refractivity contribution in [1.29, 1.82) is 0 Å². The molecule has 0 aliphatic carbocycles. The van der Waals surface area contributed by atoms with Gasteiger partial charge in [0, 0.05) is 12.0 Å². The van der Waals surface area contributed by atoms with E-state index in [1.165, 1.54) is 5.57 Å². The van der Waals surface area contributed by atoms with E-state index in [1.54, 1.807) is 0 Å². The van der Waals surface area contributed by atoms with Gasteiger partial charge in [-0.1, -0.05) is 105 Å². The minimum absolute atomic E-state index is 0.243. The molecule has 3 aromatic rings. The predicted molar refractivity (Wildman–Crippen MR) is 140 cm³/mol. The Morgan fingerprint density at radius 2 is 1.44 bits per heavy atom. The Kier molecular flexibility index (Phi) is 9.31. The molecule has 3 rings (SSSR count). The lowest BCUT2D eigenvalue weighted by Gasteiger charge is -2.34. The molecule has 0 radical (unpaired) electrons. The molecule has 1 N–H and O–H groups in total. The van der Waals surface area contributed by atoms with Gasteiger partial charge in [-0.05, 0) is 54.0 Å². The molecular formula is C31H35NO2. The van der Waals surface area contributed by atoms with Crippen LogP contribution in [0.15, 0.2) is 108 Å². The number of carbonyl (C=O) groups is 1. The standard InChI is InChI=1S/C31H35NO2/c1-25(2)22-26(3)14-13-21-31(28-17-9-5-10-18-28,29-19-11-6-12-20-29)24-32-30(33)34-23-27-15-7-4-8-16-27/h4-13,15-20,25H,21-24H2,1-3H3,(H,32,33). The van der Waals surface area contributed by atoms with Crippen molar-refractivity contribution >= 4 is 6.09 Å². The molecule has 0 spiro atoms. The van der Waals surface area contributed by atoms with Crippen LogP contribution >= 0.6 is 0 Å². The van der Waals surface area contributed by atoms with Crippen molar-refractivity contribution in [2.45, 2.75) is 45.6 Å². The highest BCUT2D eigenvalue weighted by Gasteiger charge is 2.34. The van der Waals surface area contributed by atoms with Crippen molar-refractivity contribution < 1.29 is 9.53 Å². The van der Waals surface area contributed by atoms with E-state index in [0.717, 1.165) is 23.1 Å². The molecule has 34 heavy (non-hydrogen) atoms. The summed E-state index contributed by atoms with van der Waals surface area (Å²) in [4.78, 5) is 12.7. The van der Waals surface area contributed by atoms with Crippen LogP contribution in [0, 0.1) is 5.92 Å². The van der Waals surface area contributed by atoms with Gasteiger partial charge in [-0.15, -0.1) is 5.73 Å². The van der Waals surface area contributed by atoms with Gasteiger partial charge in [-0.25, -0.2) is 4.79 Å². The average molecular weight is 454 g/mol. The van der Waals surface area contributed by atoms with Crippen LogP contribution in [0.25, 0.3) is 0 Å². The molecule has 3 heteroatoms. The van der Waals surface area contributed by atoms with Crippen molar-refractivity contribution in [3.05, 3.63) is 125 Å². The number of carbonyl (C=O) groups excluding carboxylic acids is 1. The number of hydrogen-bond acceptors (Lipinski definition) is 2. The Balaban J connectivity index is 1.88. The van der Waals surface area contributed by atoms with E-state index < -0.39 is 11.5 Å². The lowest BCUT2D eigenvalue weighted by atomic mass is 9.72. The Bertz CT molecular complexity index is 1040. The summed E-state index contributed by atoms with van der Waals surface area (Å²) in [6.07, 6.45) is 3.42. The number of hydrogen-bond donors (Lipinski definition) is 1. The first-order valence-corrected chi connectivity index (χ1v) is 12.0. The fraction of sp³-hybridized carbons (Fsp3) is 0.290. The number of allylic oxidation sites excluding steroid dienone is 1. The van der Waals surface area contributed by atoms with Crippen LogP contribution in [0.5, 0.6) is 0 Å². The van der Waals surface area contributed by atoms with Crippen LogP contribution in [-0.2, 0) is 16.8 Å². The summed E-state index contributed by atoms with van der Waals surface area (Å²) in [6, 6.07) is 30.4. The SMILES string of the molecule is CC(=C=CCC(CNC(=O)OCc1ccccc1)(c1ccccc1)c1ccccc1)CC(C)C. The second kappa shape index (κ2) is 12.6. The number of nitrogens with one attached hydrogen (secondary N) is 1. The van der Waals surface area contributed by atoms with Gasteiger partial charge in [0.2, 0.25) is 0 Å². The summed E-state index contributed by atoms with van der Waals surface area (Å²) >= 11 is 0. The largest absolute Gasteiger partial charge is 0.445 e. The maximum absolute atomic E-state index is 12.7. The van der Waals surface area contributed by atoms with E-state index in [4.69, 9.17) is 4.74 Å². The molecule has 3 nitrogen and oxygen atoms in total. The zero-order valence-corrected chi connectivity index (χ0v) is 20.5. The molecule has 3 aromatic carbocycles. The molecule has 176 valence electrons. The Morgan fingerprint density at radius 3 is 1.97 bits per heavy atom. The Hall–Kier alpha value is -3.55. The van der Waals surface area contributed by atoms with E-state index in [2.05, 4.69) is 62.2 Å². The van der Waals surface area contributed by atoms with Crippen LogP contribution < -0.4 is 5.32 Å². The maximum atomic E-state index is 12.7. The second-order valence-corrected chi connectivity index (χ2v) is 9.16. The van der Waals surface area contributed by atoms with Crippen molar-refractivity contribution in [3.63, 3.8) is 0 Å². The van der Waals surface area contributed by atoms with E-state index in [9.17, 15) is 4.79 Å². The first-order valence-electron chi connectivity index (χ1n) is 12.0. The van der Waals surface area contributed by atoms with Crippen LogP contribution in [0.2, 0.25) is 0 Å². The highest BCUT2D eigenvalue weighted by molar-refractivity contribution is 5.67. The summed E-state index contributed by atoms with van der Waals surface area (Å²) in [6.45, 7) is 7.22. The van der Waals surface area contributed by atoms with Gasteiger partial charge >= 0.3 is 6.09 Å². The zero-order valence-electron chi connectivity index (χ0n) is 20.5. The van der Waals surface area contributed by atoms with Gasteiger partial charge < -0.3 is 10.1 Å². The molecule has 0 fully saturated rings. The fourth-order valence-corrected chi connectivity index (χ4v) is 4.26. The molecule has 0 aromatic heterocycles. The average Bonchev–Trinajstić information content (AvgIpc) is 2.86. The molecule has 0 atom stereocenters. The highest BCUT2D eigenvalue weighted by atomic mass is 16.5. The van der Waals surface area contributed by atoms with Crippen LogP contribution in [-0.4, -0.2) is 12.6 Å². The van der Waals surface area contributed by atoms with Gasteiger partial charge in [-0.3, -0.25) is 0 Å². The van der Waals surface area contributed by atoms with E-state index >= 15 is 0 Å². The van der Waals surface area contributed by atoms with Crippen molar-refractivity contribution in [3.8, 4) is 0 Å². The fourth-order valence-electron chi connectivity index (χ4n) is 4.26. The summed E-state index contributed by atoms with van der Waals surface area (Å²) < 4.78 is 5.50. The van der Waals surface area contributed by atoms with Crippen LogP contribution in [0.1, 0.15) is 50.3 Å². The molecule has 0 aliphatic rings. The van der Waals surface area contributed by atoms with Gasteiger partial charge in [0.25, 0.3) is 0 Å². The number of benzene rings is 3. The van der Waals surface area contributed by atoms with Crippen molar-refractivity contribution in [1.82, 2.24) is 5.32 Å². The number of alkyl carbamates (subject to hydrolysis) is 1. The first kappa shape index (κ1) is 25.1. The third-order valence-electron chi connectivity index (χ3n) is 5.91. The summed E-state index contributed by atoms with van der Waals surface area (Å²) in [7, 11) is 0. The van der Waals surface area contributed by atoms with Gasteiger partial charge in [0.05, 0.1) is 0 Å². The first-order chi connectivity index (χ1) is 16.5. The smallest absolute Gasteiger partial charge is 0.407 e. The maximum Gasteiger partial charge on any atom is 0.407 e. The molecule has 0 aliphatic heterocycles. The third kappa shape index (κ3) is 7.23. The second-order valence-electron chi connectivity index (χ2n) is 9.16. The number of rotatable bonds is 10. The topological polar surface area (TPSA) is 38.3 Å². The van der Waals surface area contributed by atoms with E-state index in [-0.39, 0.29) is 6.61 Å². The molecule has 0 saturated heterocycles. The summed E-state index contributed by atoms with van der Waals surface area (Å²) in [5.41, 5.74) is 7.53. The normalized spacial score (nSPS) is 10.9. The van der Waals surface area contributed by atoms with Gasteiger partial charge in [0.1, 0.15) is 6.61 Å². The lowest BCUT2D eigenvalue weighted by molar-refractivity contribution is 0.137. The lowest BCUT2D eigenvalue weighted by Crippen LogP contribution is -2.41. The van der Waals surface area contributed by atoms with Crippen LogP contribution in [0.4, 0.5) is 4.79 Å². The minimum atomic E-state index is -0.445. The monoisotopic (exact) mass is 453 g/mol. The zero-order chi connectivity index (χ0) is 24.2. The molecule has 1 amide bonds. The molecular weight excluding hydrogens is 418 g/mol. The van der Waals surface area contributed by atoms with E-state index in [0.29, 0.717) is 18.9 Å². The Labute approximate surface area is 204 Å². The van der Waals surface area contributed by atoms with Crippen molar-refractivity contribution in [2.24, 2.45) is 5.92 Å². The summed E-state index contributed by atoms with van der Waals surface area (Å²) in [5, 5.41) is 3.05. The Morgan fingerprint density at radius 1 is 0.912 bits per heavy atom. The summed E-state index contributed by atoms with van der Waals surface area (Å²) in [5.74, 6) is 0.593. The van der Waals surface area contributed by atoms with Gasteiger partial charge in [0.15, 0.2) is 0 Å². The quantitative estimate of drug-likeness (QED) is 0.324. The molecule has 0 saturated carbocycles. The van der Waals surface area contributed by atoms with E-state index in [1.807, 2.05) is 66.7 Å². The minimum Gasteiger partial charge on any atom is -0.445 e. The predicted octanol–water partition coefficient (Wildman–Crippen LogP) is 7.44. The molecule has 0 heterocycles. The highest BCUT2D eigenvalue weighted by Crippen LogP contribution is 2.36. The molecule has 0 unspecified atom stereocenters. The third-order valence-corrected chi connectivity index (χ3v) is 5.91.